The normalized spacial score (nSPS) is 16.9. The van der Waals surface area contributed by atoms with Crippen molar-refractivity contribution in [3.63, 3.8) is 0 Å². The lowest BCUT2D eigenvalue weighted by Gasteiger charge is -2.27. The zero-order valence-electron chi connectivity index (χ0n) is 18.8. The van der Waals surface area contributed by atoms with Gasteiger partial charge >= 0.3 is 5.69 Å². The van der Waals surface area contributed by atoms with Crippen LogP contribution in [0.5, 0.6) is 11.5 Å². The topological polar surface area (TPSA) is 153 Å². The molecule has 2 aliphatic rings. The number of imide groups is 1. The molecular weight excluding hydrogens is 492 g/mol. The van der Waals surface area contributed by atoms with Gasteiger partial charge in [0.1, 0.15) is 12.3 Å². The number of likely N-dealkylation sites (tertiary alicyclic amines) is 1. The van der Waals surface area contributed by atoms with Crippen LogP contribution in [0.2, 0.25) is 0 Å². The molecule has 0 spiro atoms. The minimum atomic E-state index is -0.796. The molecule has 0 aromatic heterocycles. The number of amides is 3. The van der Waals surface area contributed by atoms with Crippen LogP contribution in [0, 0.1) is 20.2 Å². The summed E-state index contributed by atoms with van der Waals surface area (Å²) in [5.41, 5.74) is -0.719. The first-order chi connectivity index (χ1) is 17.2. The number of non-ortho nitro benzene ring substituents is 1. The summed E-state index contributed by atoms with van der Waals surface area (Å²) >= 11 is 0.683. The Labute approximate surface area is 208 Å². The van der Waals surface area contributed by atoms with Crippen LogP contribution in [0.4, 0.5) is 16.2 Å². The van der Waals surface area contributed by atoms with E-state index < -0.39 is 32.4 Å². The maximum absolute atomic E-state index is 12.9. The Kier molecular flexibility index (Phi) is 7.29. The molecule has 0 bridgehead atoms. The molecule has 3 amide bonds. The lowest BCUT2D eigenvalue weighted by Crippen LogP contribution is -2.44. The number of para-hydroxylation sites is 1. The van der Waals surface area contributed by atoms with Crippen molar-refractivity contribution in [1.82, 2.24) is 9.80 Å². The van der Waals surface area contributed by atoms with Gasteiger partial charge in [0, 0.05) is 24.7 Å². The van der Waals surface area contributed by atoms with Crippen LogP contribution in [0.15, 0.2) is 47.4 Å². The molecule has 13 heteroatoms. The van der Waals surface area contributed by atoms with Gasteiger partial charge in [0.2, 0.25) is 11.7 Å². The molecule has 2 fully saturated rings. The van der Waals surface area contributed by atoms with Crippen molar-refractivity contribution in [2.75, 3.05) is 19.6 Å². The fourth-order valence-corrected chi connectivity index (χ4v) is 4.64. The van der Waals surface area contributed by atoms with Gasteiger partial charge in [-0.1, -0.05) is 18.2 Å². The highest BCUT2D eigenvalue weighted by molar-refractivity contribution is 8.18. The average Bonchev–Trinajstić information content (AvgIpc) is 3.13. The predicted octanol–water partition coefficient (Wildman–Crippen LogP) is 4.34. The van der Waals surface area contributed by atoms with Crippen molar-refractivity contribution in [3.8, 4) is 11.5 Å². The number of carbonyl (C=O) groups is 3. The van der Waals surface area contributed by atoms with Crippen molar-refractivity contribution in [3.05, 3.63) is 73.2 Å². The highest BCUT2D eigenvalue weighted by Gasteiger charge is 2.37. The molecule has 2 saturated heterocycles. The van der Waals surface area contributed by atoms with E-state index in [2.05, 4.69) is 0 Å². The number of piperidine rings is 1. The number of hydrogen-bond donors (Lipinski definition) is 0. The summed E-state index contributed by atoms with van der Waals surface area (Å²) in [4.78, 5) is 61.4. The Balaban J connectivity index is 1.56. The average molecular weight is 513 g/mol. The first kappa shape index (κ1) is 24.9. The Morgan fingerprint density at radius 3 is 2.42 bits per heavy atom. The van der Waals surface area contributed by atoms with Gasteiger partial charge in [-0.15, -0.1) is 0 Å². The molecular formula is C23H20N4O8S. The number of rotatable bonds is 7. The Morgan fingerprint density at radius 1 is 1.00 bits per heavy atom. The van der Waals surface area contributed by atoms with Crippen LogP contribution in [0.25, 0.3) is 6.08 Å². The highest BCUT2D eigenvalue weighted by atomic mass is 32.2. The number of thioether (sulfide) groups is 1. The first-order valence-corrected chi connectivity index (χ1v) is 11.8. The van der Waals surface area contributed by atoms with E-state index in [1.54, 1.807) is 23.1 Å². The van der Waals surface area contributed by atoms with E-state index in [1.807, 2.05) is 0 Å². The number of nitrogens with zero attached hydrogens (tertiary/aromatic N) is 4. The molecule has 0 aliphatic carbocycles. The standard InChI is InChI=1S/C23H20N4O8S/c28-21(24-10-4-1-5-11-24)14-25-22(29)20(36-23(25)30)12-15-6-2-3-7-18(15)35-19-9-8-16(26(31)32)13-17(19)27(33)34/h2-3,6-9,12-13H,1,4-5,10-11,14H2/b20-12-. The van der Waals surface area contributed by atoms with E-state index in [-0.39, 0.29) is 28.9 Å². The zero-order valence-corrected chi connectivity index (χ0v) is 19.6. The largest absolute Gasteiger partial charge is 0.449 e. The molecule has 186 valence electrons. The summed E-state index contributed by atoms with van der Waals surface area (Å²) in [7, 11) is 0. The van der Waals surface area contributed by atoms with Gasteiger partial charge in [-0.3, -0.25) is 39.5 Å². The Morgan fingerprint density at radius 2 is 1.72 bits per heavy atom. The molecule has 2 aromatic carbocycles. The monoisotopic (exact) mass is 512 g/mol. The number of ether oxygens (including phenoxy) is 1. The highest BCUT2D eigenvalue weighted by Crippen LogP contribution is 2.38. The van der Waals surface area contributed by atoms with Gasteiger partial charge in [-0.2, -0.15) is 0 Å². The summed E-state index contributed by atoms with van der Waals surface area (Å²) < 4.78 is 5.69. The fourth-order valence-electron chi connectivity index (χ4n) is 3.82. The van der Waals surface area contributed by atoms with Crippen molar-refractivity contribution in [2.24, 2.45) is 0 Å². The van der Waals surface area contributed by atoms with Crippen molar-refractivity contribution >= 4 is 46.3 Å². The SMILES string of the molecule is O=C(CN1C(=O)S/C(=C\c2ccccc2Oc2ccc([N+](=O)[O-])cc2[N+](=O)[O-])C1=O)N1CCCCC1. The predicted molar refractivity (Wildman–Crippen MR) is 129 cm³/mol. The van der Waals surface area contributed by atoms with E-state index in [0.29, 0.717) is 30.4 Å². The fraction of sp³-hybridized carbons (Fsp3) is 0.261. The third kappa shape index (κ3) is 5.35. The van der Waals surface area contributed by atoms with Gasteiger partial charge in [-0.05, 0) is 49.2 Å². The lowest BCUT2D eigenvalue weighted by molar-refractivity contribution is -0.394. The van der Waals surface area contributed by atoms with Crippen LogP contribution >= 0.6 is 11.8 Å². The minimum absolute atomic E-state index is 0.0701. The van der Waals surface area contributed by atoms with E-state index in [9.17, 15) is 34.6 Å². The maximum atomic E-state index is 12.9. The van der Waals surface area contributed by atoms with Crippen molar-refractivity contribution in [1.29, 1.82) is 0 Å². The smallest absolute Gasteiger partial charge is 0.318 e. The molecule has 4 rings (SSSR count). The molecule has 0 N–H and O–H groups in total. The van der Waals surface area contributed by atoms with Gasteiger partial charge in [0.25, 0.3) is 16.8 Å². The summed E-state index contributed by atoms with van der Waals surface area (Å²) in [5, 5.41) is 21.8. The second kappa shape index (κ2) is 10.6. The number of nitro groups is 2. The van der Waals surface area contributed by atoms with Crippen LogP contribution in [-0.4, -0.2) is 56.3 Å². The quantitative estimate of drug-likeness (QED) is 0.299. The molecule has 0 saturated carbocycles. The van der Waals surface area contributed by atoms with Crippen LogP contribution < -0.4 is 4.74 Å². The zero-order chi connectivity index (χ0) is 25.8. The Hall–Kier alpha value is -4.26. The summed E-state index contributed by atoms with van der Waals surface area (Å²) in [6.07, 6.45) is 4.22. The number of hydrogen-bond acceptors (Lipinski definition) is 9. The molecule has 2 aliphatic heterocycles. The Bertz CT molecular complexity index is 1290. The van der Waals surface area contributed by atoms with E-state index in [1.165, 1.54) is 12.1 Å². The van der Waals surface area contributed by atoms with E-state index >= 15 is 0 Å². The maximum Gasteiger partial charge on any atom is 0.318 e. The van der Waals surface area contributed by atoms with E-state index in [4.69, 9.17) is 4.74 Å². The minimum Gasteiger partial charge on any atom is -0.449 e. The lowest BCUT2D eigenvalue weighted by atomic mass is 10.1. The van der Waals surface area contributed by atoms with Gasteiger partial charge in [-0.25, -0.2) is 0 Å². The molecule has 12 nitrogen and oxygen atoms in total. The van der Waals surface area contributed by atoms with Crippen LogP contribution in [0.1, 0.15) is 24.8 Å². The van der Waals surface area contributed by atoms with Crippen LogP contribution in [-0.2, 0) is 9.59 Å². The second-order valence-electron chi connectivity index (χ2n) is 8.02. The molecule has 0 unspecified atom stereocenters. The number of nitro benzene ring substituents is 2. The molecule has 2 heterocycles. The van der Waals surface area contributed by atoms with E-state index in [0.717, 1.165) is 42.4 Å². The summed E-state index contributed by atoms with van der Waals surface area (Å²) in [6, 6.07) is 9.33. The third-order valence-electron chi connectivity index (χ3n) is 5.65. The molecule has 0 radical (unpaired) electrons. The summed E-state index contributed by atoms with van der Waals surface area (Å²) in [5.74, 6) is -1.00. The van der Waals surface area contributed by atoms with Crippen LogP contribution in [0.3, 0.4) is 0 Å². The van der Waals surface area contributed by atoms with Gasteiger partial charge in [0.05, 0.1) is 20.8 Å². The molecule has 2 aromatic rings. The first-order valence-electron chi connectivity index (χ1n) is 11.0. The number of benzene rings is 2. The van der Waals surface area contributed by atoms with Crippen molar-refractivity contribution in [2.45, 2.75) is 19.3 Å². The van der Waals surface area contributed by atoms with Crippen molar-refractivity contribution < 1.29 is 29.0 Å². The number of carbonyl (C=O) groups excluding carboxylic acids is 3. The summed E-state index contributed by atoms with van der Waals surface area (Å²) in [6.45, 7) is 0.865. The van der Waals surface area contributed by atoms with Gasteiger partial charge in [0.15, 0.2) is 0 Å². The second-order valence-corrected chi connectivity index (χ2v) is 9.01. The molecule has 0 atom stereocenters. The van der Waals surface area contributed by atoms with Gasteiger partial charge < -0.3 is 9.64 Å². The molecule has 36 heavy (non-hydrogen) atoms. The third-order valence-corrected chi connectivity index (χ3v) is 6.56.